The van der Waals surface area contributed by atoms with Crippen molar-refractivity contribution in [2.75, 3.05) is 19.8 Å². The Morgan fingerprint density at radius 2 is 2.00 bits per heavy atom. The van der Waals surface area contributed by atoms with Gasteiger partial charge in [0.1, 0.15) is 6.10 Å². The van der Waals surface area contributed by atoms with Gasteiger partial charge < -0.3 is 9.84 Å². The first-order valence-corrected chi connectivity index (χ1v) is 5.94. The summed E-state index contributed by atoms with van der Waals surface area (Å²) in [6.45, 7) is 4.11. The van der Waals surface area contributed by atoms with Gasteiger partial charge in [0.2, 0.25) is 0 Å². The van der Waals surface area contributed by atoms with Crippen molar-refractivity contribution in [2.45, 2.75) is 26.2 Å². The molecule has 1 heterocycles. The molecule has 7 heteroatoms. The summed E-state index contributed by atoms with van der Waals surface area (Å²) >= 11 is 0. The molecule has 84 valence electrons. The summed E-state index contributed by atoms with van der Waals surface area (Å²) in [4.78, 5) is 0. The molecule has 0 aromatic rings. The van der Waals surface area contributed by atoms with Crippen LogP contribution in [0.2, 0.25) is 0 Å². The minimum absolute atomic E-state index is 0.190. The van der Waals surface area contributed by atoms with E-state index >= 15 is 0 Å². The Morgan fingerprint density at radius 3 is 2.36 bits per heavy atom. The maximum atomic E-state index is 11.7. The lowest BCUT2D eigenvalue weighted by Gasteiger charge is -2.18. The molecule has 0 aliphatic carbocycles. The third-order valence-corrected chi connectivity index (χ3v) is 3.11. The number of hydrogen-bond acceptors (Lipinski definition) is 6. The van der Waals surface area contributed by atoms with E-state index in [1.54, 1.807) is 13.8 Å². The molecule has 0 aromatic heterocycles. The van der Waals surface area contributed by atoms with Gasteiger partial charge in [-0.2, -0.15) is 0 Å². The zero-order valence-electron chi connectivity index (χ0n) is 8.21. The minimum Gasteiger partial charge on any atom is -0.368 e. The van der Waals surface area contributed by atoms with Crippen LogP contribution in [0.1, 0.15) is 13.8 Å². The van der Waals surface area contributed by atoms with E-state index in [-0.39, 0.29) is 13.2 Å². The van der Waals surface area contributed by atoms with Crippen LogP contribution in [-0.2, 0) is 22.9 Å². The van der Waals surface area contributed by atoms with Gasteiger partial charge in [0, 0.05) is 0 Å². The van der Waals surface area contributed by atoms with Gasteiger partial charge >= 0.3 is 7.82 Å². The third kappa shape index (κ3) is 3.65. The fourth-order valence-electron chi connectivity index (χ4n) is 0.835. The second-order valence-electron chi connectivity index (χ2n) is 2.65. The van der Waals surface area contributed by atoms with Crippen molar-refractivity contribution in [1.82, 2.24) is 0 Å². The van der Waals surface area contributed by atoms with Gasteiger partial charge in [0.05, 0.1) is 19.8 Å². The van der Waals surface area contributed by atoms with Crippen molar-refractivity contribution in [2.24, 2.45) is 0 Å². The first-order chi connectivity index (χ1) is 6.61. The number of aliphatic hydroxyl groups excluding tert-OH is 1. The van der Waals surface area contributed by atoms with Gasteiger partial charge in [0.25, 0.3) is 0 Å². The van der Waals surface area contributed by atoms with Gasteiger partial charge in [-0.05, 0) is 13.8 Å². The molecule has 0 spiro atoms. The van der Waals surface area contributed by atoms with E-state index in [1.165, 1.54) is 0 Å². The van der Waals surface area contributed by atoms with E-state index < -0.39 is 20.2 Å². The van der Waals surface area contributed by atoms with Crippen LogP contribution in [0.3, 0.4) is 0 Å². The van der Waals surface area contributed by atoms with Crippen molar-refractivity contribution in [3.8, 4) is 0 Å². The molecule has 0 bridgehead atoms. The number of phosphoric acid groups is 1. The van der Waals surface area contributed by atoms with E-state index in [0.717, 1.165) is 0 Å². The van der Waals surface area contributed by atoms with Crippen LogP contribution in [0, 0.1) is 0 Å². The fraction of sp³-hybridized carbons (Fsp3) is 1.00. The maximum absolute atomic E-state index is 11.7. The Balaban J connectivity index is 2.44. The highest BCUT2D eigenvalue weighted by atomic mass is 31.2. The summed E-state index contributed by atoms with van der Waals surface area (Å²) < 4.78 is 30.9. The topological polar surface area (TPSA) is 77.5 Å². The lowest BCUT2D eigenvalue weighted by Crippen LogP contribution is -2.19. The third-order valence-electron chi connectivity index (χ3n) is 1.49. The monoisotopic (exact) mass is 226 g/mol. The van der Waals surface area contributed by atoms with Crippen molar-refractivity contribution < 1.29 is 28.0 Å². The summed E-state index contributed by atoms with van der Waals surface area (Å²) in [5, 5.41) is 9.30. The molecule has 1 aliphatic heterocycles. The largest absolute Gasteiger partial charge is 0.477 e. The average molecular weight is 226 g/mol. The number of phosphoric ester groups is 1. The highest BCUT2D eigenvalue weighted by Crippen LogP contribution is 2.50. The average Bonchev–Trinajstić information content (AvgIpc) is 2.85. The van der Waals surface area contributed by atoms with Crippen molar-refractivity contribution in [1.29, 1.82) is 0 Å². The van der Waals surface area contributed by atoms with E-state index in [4.69, 9.17) is 18.3 Å². The van der Waals surface area contributed by atoms with Crippen LogP contribution in [0.15, 0.2) is 0 Å². The zero-order valence-corrected chi connectivity index (χ0v) is 9.11. The molecule has 1 N–H and O–H groups in total. The molecule has 2 atom stereocenters. The van der Waals surface area contributed by atoms with Gasteiger partial charge in [-0.25, -0.2) is 4.57 Å². The van der Waals surface area contributed by atoms with Crippen molar-refractivity contribution >= 4 is 7.82 Å². The summed E-state index contributed by atoms with van der Waals surface area (Å²) in [6, 6.07) is 0. The molecule has 1 rings (SSSR count). The first-order valence-electron chi connectivity index (χ1n) is 4.48. The van der Waals surface area contributed by atoms with Gasteiger partial charge in [-0.3, -0.25) is 13.6 Å². The molecule has 0 saturated carbocycles. The summed E-state index contributed by atoms with van der Waals surface area (Å²) in [5.41, 5.74) is 0. The molecule has 1 fully saturated rings. The Labute approximate surface area is 82.7 Å². The molecule has 0 unspecified atom stereocenters. The quantitative estimate of drug-likeness (QED) is 0.395. The molecule has 0 radical (unpaired) electrons. The van der Waals surface area contributed by atoms with Crippen molar-refractivity contribution in [3.63, 3.8) is 0 Å². The summed E-state index contributed by atoms with van der Waals surface area (Å²) in [7, 11) is -3.62. The van der Waals surface area contributed by atoms with Gasteiger partial charge in [-0.1, -0.05) is 0 Å². The lowest BCUT2D eigenvalue weighted by molar-refractivity contribution is -0.0626. The zero-order chi connectivity index (χ0) is 10.6. The number of aliphatic hydroxyl groups is 1. The molecule has 1 saturated heterocycles. The summed E-state index contributed by atoms with van der Waals surface area (Å²) in [6.07, 6.45) is -1.66. The first kappa shape index (κ1) is 12.1. The maximum Gasteiger partial charge on any atom is 0.477 e. The summed E-state index contributed by atoms with van der Waals surface area (Å²) in [5.74, 6) is 0. The Hall–Kier alpha value is 0.0300. The van der Waals surface area contributed by atoms with Crippen LogP contribution in [-0.4, -0.2) is 37.3 Å². The second kappa shape index (κ2) is 5.21. The van der Waals surface area contributed by atoms with E-state index in [9.17, 15) is 9.67 Å². The van der Waals surface area contributed by atoms with Crippen LogP contribution in [0.5, 0.6) is 0 Å². The predicted octanol–water partition coefficient (Wildman–Crippen LogP) is 0.901. The van der Waals surface area contributed by atoms with Crippen LogP contribution >= 0.6 is 7.82 Å². The molecule has 1 aliphatic rings. The van der Waals surface area contributed by atoms with Gasteiger partial charge in [0.15, 0.2) is 6.29 Å². The molecule has 0 amide bonds. The smallest absolute Gasteiger partial charge is 0.368 e. The molecule has 14 heavy (non-hydrogen) atoms. The van der Waals surface area contributed by atoms with Crippen LogP contribution in [0.25, 0.3) is 0 Å². The highest BCUT2D eigenvalue weighted by Gasteiger charge is 2.39. The number of hydrogen-bond donors (Lipinski definition) is 1. The SMILES string of the molecule is CCOP(=O)(OCC)O[C@H](O)[C@H]1CO1. The Morgan fingerprint density at radius 1 is 1.50 bits per heavy atom. The Bertz CT molecular complexity index is 206. The highest BCUT2D eigenvalue weighted by molar-refractivity contribution is 7.48. The number of rotatable bonds is 7. The predicted molar refractivity (Wildman–Crippen MR) is 47.7 cm³/mol. The molecular formula is C7H15O6P. The van der Waals surface area contributed by atoms with E-state index in [0.29, 0.717) is 6.61 Å². The lowest BCUT2D eigenvalue weighted by atomic mass is 10.5. The van der Waals surface area contributed by atoms with E-state index in [2.05, 4.69) is 0 Å². The minimum atomic E-state index is -3.62. The number of epoxide rings is 1. The molecule has 0 aromatic carbocycles. The van der Waals surface area contributed by atoms with Crippen LogP contribution < -0.4 is 0 Å². The second-order valence-corrected chi connectivity index (χ2v) is 4.27. The molecule has 6 nitrogen and oxygen atoms in total. The Kier molecular flexibility index (Phi) is 4.50. The number of ether oxygens (including phenoxy) is 1. The molecular weight excluding hydrogens is 211 g/mol. The van der Waals surface area contributed by atoms with Crippen molar-refractivity contribution in [3.05, 3.63) is 0 Å². The fourth-order valence-corrected chi connectivity index (χ4v) is 2.06. The standard InChI is InChI=1S/C7H15O6P/c1-3-11-14(9,12-4-2)13-7(8)6-5-10-6/h6-8H,3-5H2,1-2H3/t6-,7+/m1/s1. The van der Waals surface area contributed by atoms with Crippen LogP contribution in [0.4, 0.5) is 0 Å². The van der Waals surface area contributed by atoms with Gasteiger partial charge in [-0.15, -0.1) is 0 Å². The van der Waals surface area contributed by atoms with E-state index in [1.807, 2.05) is 0 Å². The normalized spacial score (nSPS) is 23.5.